The van der Waals surface area contributed by atoms with Crippen molar-refractivity contribution >= 4 is 27.0 Å². The molecule has 10 heteroatoms. The highest BCUT2D eigenvalue weighted by Crippen LogP contribution is 2.24. The third-order valence-electron chi connectivity index (χ3n) is 5.54. The minimum absolute atomic E-state index is 0.0196. The monoisotopic (exact) mass is 464 g/mol. The minimum Gasteiger partial charge on any atom is -0.339 e. The lowest BCUT2D eigenvalue weighted by Gasteiger charge is -2.25. The molecule has 0 aliphatic heterocycles. The number of imidazole rings is 1. The number of fused-ring (bicyclic) bond motifs is 1. The van der Waals surface area contributed by atoms with Gasteiger partial charge in [-0.2, -0.15) is 0 Å². The molecule has 0 aliphatic carbocycles. The van der Waals surface area contributed by atoms with Crippen molar-refractivity contribution in [1.82, 2.24) is 14.5 Å². The van der Waals surface area contributed by atoms with Crippen LogP contribution < -0.4 is 5.14 Å². The number of primary sulfonamides is 1. The fourth-order valence-corrected chi connectivity index (χ4v) is 4.14. The van der Waals surface area contributed by atoms with Crippen molar-refractivity contribution in [3.05, 3.63) is 59.4 Å². The first-order valence-electron chi connectivity index (χ1n) is 10.3. The Bertz CT molecular complexity index is 1260. The van der Waals surface area contributed by atoms with E-state index in [1.807, 2.05) is 11.5 Å². The van der Waals surface area contributed by atoms with Gasteiger partial charge in [-0.05, 0) is 49.2 Å². The third kappa shape index (κ3) is 4.97. The molecule has 32 heavy (non-hydrogen) atoms. The number of nitrogens with zero attached hydrogens (tertiary/aromatic N) is 3. The first-order valence-corrected chi connectivity index (χ1v) is 11.8. The van der Waals surface area contributed by atoms with Crippen LogP contribution in [0.25, 0.3) is 11.0 Å². The van der Waals surface area contributed by atoms with Gasteiger partial charge in [-0.1, -0.05) is 13.0 Å². The summed E-state index contributed by atoms with van der Waals surface area (Å²) >= 11 is 0. The van der Waals surface area contributed by atoms with Gasteiger partial charge in [-0.15, -0.1) is 0 Å². The Labute approximate surface area is 185 Å². The zero-order chi connectivity index (χ0) is 23.6. The van der Waals surface area contributed by atoms with Crippen molar-refractivity contribution in [2.45, 2.75) is 50.6 Å². The van der Waals surface area contributed by atoms with Gasteiger partial charge in [0.2, 0.25) is 15.9 Å². The van der Waals surface area contributed by atoms with E-state index in [0.29, 0.717) is 29.9 Å². The maximum atomic E-state index is 13.6. The highest BCUT2D eigenvalue weighted by Gasteiger charge is 2.20. The van der Waals surface area contributed by atoms with Crippen molar-refractivity contribution in [2.75, 3.05) is 7.05 Å². The SMILES string of the molecule is CCCn1c(CCC(=O)N(C)C(C)c2ccc(F)c(F)c2)nc2cc(S(N)(=O)=O)ccc21. The molecule has 0 saturated heterocycles. The lowest BCUT2D eigenvalue weighted by Crippen LogP contribution is -2.30. The number of hydrogen-bond acceptors (Lipinski definition) is 4. The van der Waals surface area contributed by atoms with Gasteiger partial charge >= 0.3 is 0 Å². The van der Waals surface area contributed by atoms with Gasteiger partial charge < -0.3 is 9.47 Å². The number of nitrogens with two attached hydrogens (primary N) is 1. The molecule has 1 unspecified atom stereocenters. The second kappa shape index (κ2) is 9.33. The van der Waals surface area contributed by atoms with E-state index in [1.165, 1.54) is 23.1 Å². The predicted molar refractivity (Wildman–Crippen MR) is 117 cm³/mol. The molecular weight excluding hydrogens is 438 g/mol. The number of carbonyl (C=O) groups is 1. The topological polar surface area (TPSA) is 98.3 Å². The molecule has 0 saturated carbocycles. The molecule has 0 bridgehead atoms. The lowest BCUT2D eigenvalue weighted by atomic mass is 10.1. The van der Waals surface area contributed by atoms with E-state index in [9.17, 15) is 22.0 Å². The van der Waals surface area contributed by atoms with Crippen LogP contribution in [-0.2, 0) is 27.8 Å². The highest BCUT2D eigenvalue weighted by atomic mass is 32.2. The van der Waals surface area contributed by atoms with Crippen LogP contribution in [0, 0.1) is 11.6 Å². The Hall–Kier alpha value is -2.85. The van der Waals surface area contributed by atoms with Crippen LogP contribution in [0.5, 0.6) is 0 Å². The standard InChI is InChI=1S/C22H26F2N4O3S/c1-4-11-28-20-8-6-16(32(25,30)31)13-19(20)26-21(28)9-10-22(29)27(3)14(2)15-5-7-17(23)18(24)12-15/h5-8,12-14H,4,9-11H2,1-3H3,(H2,25,30,31). The van der Waals surface area contributed by atoms with Gasteiger partial charge in [0.1, 0.15) is 5.82 Å². The number of aromatic nitrogens is 2. The molecule has 0 radical (unpaired) electrons. The van der Waals surface area contributed by atoms with Gasteiger partial charge in [-0.25, -0.2) is 27.3 Å². The summed E-state index contributed by atoms with van der Waals surface area (Å²) in [5.41, 5.74) is 1.76. The average Bonchev–Trinajstić information content (AvgIpc) is 3.09. The summed E-state index contributed by atoms with van der Waals surface area (Å²) in [5, 5.41) is 5.22. The molecule has 1 aromatic heterocycles. The fraction of sp³-hybridized carbons (Fsp3) is 0.364. The first kappa shape index (κ1) is 23.8. The lowest BCUT2D eigenvalue weighted by molar-refractivity contribution is -0.131. The summed E-state index contributed by atoms with van der Waals surface area (Å²) < 4.78 is 52.0. The highest BCUT2D eigenvalue weighted by molar-refractivity contribution is 7.89. The number of hydrogen-bond donors (Lipinski definition) is 1. The molecular formula is C22H26F2N4O3S. The number of carbonyl (C=O) groups excluding carboxylic acids is 1. The molecule has 3 aromatic rings. The Balaban J connectivity index is 1.80. The first-order chi connectivity index (χ1) is 15.0. The smallest absolute Gasteiger partial charge is 0.238 e. The van der Waals surface area contributed by atoms with Crippen LogP contribution in [0.3, 0.4) is 0 Å². The van der Waals surface area contributed by atoms with Gasteiger partial charge in [0.15, 0.2) is 11.6 Å². The molecule has 0 aliphatic rings. The zero-order valence-corrected chi connectivity index (χ0v) is 19.0. The Kier molecular flexibility index (Phi) is 6.94. The summed E-state index contributed by atoms with van der Waals surface area (Å²) in [6.07, 6.45) is 1.32. The Morgan fingerprint density at radius 2 is 1.91 bits per heavy atom. The molecule has 0 spiro atoms. The van der Waals surface area contributed by atoms with Crippen LogP contribution in [0.1, 0.15) is 44.1 Å². The maximum absolute atomic E-state index is 13.6. The van der Waals surface area contributed by atoms with Crippen LogP contribution in [0.4, 0.5) is 8.78 Å². The molecule has 2 aromatic carbocycles. The molecule has 1 heterocycles. The van der Waals surface area contributed by atoms with E-state index in [4.69, 9.17) is 5.14 Å². The molecule has 1 amide bonds. The second-order valence-corrected chi connectivity index (χ2v) is 9.29. The summed E-state index contributed by atoms with van der Waals surface area (Å²) in [4.78, 5) is 18.8. The van der Waals surface area contributed by atoms with Gasteiger partial charge in [-0.3, -0.25) is 4.79 Å². The van der Waals surface area contributed by atoms with Crippen molar-refractivity contribution in [3.8, 4) is 0 Å². The summed E-state index contributed by atoms with van der Waals surface area (Å²) in [7, 11) is -2.24. The van der Waals surface area contributed by atoms with E-state index in [-0.39, 0.29) is 17.2 Å². The van der Waals surface area contributed by atoms with Crippen molar-refractivity contribution in [1.29, 1.82) is 0 Å². The second-order valence-electron chi connectivity index (χ2n) is 7.73. The molecule has 172 valence electrons. The average molecular weight is 465 g/mol. The van der Waals surface area contributed by atoms with E-state index >= 15 is 0 Å². The van der Waals surface area contributed by atoms with E-state index < -0.39 is 27.7 Å². The normalized spacial score (nSPS) is 12.8. The van der Waals surface area contributed by atoms with Gasteiger partial charge in [0.05, 0.1) is 22.0 Å². The van der Waals surface area contributed by atoms with E-state index in [0.717, 1.165) is 24.1 Å². The van der Waals surface area contributed by atoms with Gasteiger partial charge in [0.25, 0.3) is 0 Å². The number of amides is 1. The molecule has 1 atom stereocenters. The molecule has 0 fully saturated rings. The number of rotatable bonds is 8. The maximum Gasteiger partial charge on any atom is 0.238 e. The summed E-state index contributed by atoms with van der Waals surface area (Å²) in [6, 6.07) is 7.69. The number of benzene rings is 2. The van der Waals surface area contributed by atoms with E-state index in [2.05, 4.69) is 4.98 Å². The summed E-state index contributed by atoms with van der Waals surface area (Å²) in [6.45, 7) is 4.41. The molecule has 3 rings (SSSR count). The quantitative estimate of drug-likeness (QED) is 0.551. The Morgan fingerprint density at radius 1 is 1.19 bits per heavy atom. The number of halogens is 2. The zero-order valence-electron chi connectivity index (χ0n) is 18.2. The fourth-order valence-electron chi connectivity index (χ4n) is 3.61. The number of sulfonamides is 1. The largest absolute Gasteiger partial charge is 0.339 e. The predicted octanol–water partition coefficient (Wildman–Crippen LogP) is 3.52. The van der Waals surface area contributed by atoms with E-state index in [1.54, 1.807) is 20.0 Å². The Morgan fingerprint density at radius 3 is 2.53 bits per heavy atom. The van der Waals surface area contributed by atoms with Crippen LogP contribution in [0.2, 0.25) is 0 Å². The van der Waals surface area contributed by atoms with Gasteiger partial charge in [0, 0.05) is 26.4 Å². The minimum atomic E-state index is -3.85. The van der Waals surface area contributed by atoms with Crippen molar-refractivity contribution in [3.63, 3.8) is 0 Å². The molecule has 2 N–H and O–H groups in total. The van der Waals surface area contributed by atoms with Crippen LogP contribution in [0.15, 0.2) is 41.3 Å². The number of aryl methyl sites for hydroxylation is 2. The van der Waals surface area contributed by atoms with Crippen molar-refractivity contribution in [2.24, 2.45) is 5.14 Å². The molecule has 7 nitrogen and oxygen atoms in total. The van der Waals surface area contributed by atoms with Crippen LogP contribution >= 0.6 is 0 Å². The van der Waals surface area contributed by atoms with Crippen molar-refractivity contribution < 1.29 is 22.0 Å². The van der Waals surface area contributed by atoms with Crippen LogP contribution in [-0.4, -0.2) is 35.8 Å². The summed E-state index contributed by atoms with van der Waals surface area (Å²) in [5.74, 6) is -1.41. The third-order valence-corrected chi connectivity index (χ3v) is 6.45.